The van der Waals surface area contributed by atoms with E-state index in [1.165, 1.54) is 12.0 Å². The Morgan fingerprint density at radius 3 is 2.67 bits per heavy atom. The summed E-state index contributed by atoms with van der Waals surface area (Å²) in [6.45, 7) is 10.3. The fraction of sp³-hybridized carbons (Fsp3) is 0.625. The van der Waals surface area contributed by atoms with Gasteiger partial charge in [-0.2, -0.15) is 0 Å². The minimum Gasteiger partial charge on any atom is -0.311 e. The number of benzene rings is 1. The van der Waals surface area contributed by atoms with Crippen LogP contribution in [0.1, 0.15) is 32.8 Å². The maximum atomic E-state index is 3.61. The molecule has 2 atom stereocenters. The minimum absolute atomic E-state index is 0.608. The third kappa shape index (κ3) is 3.82. The van der Waals surface area contributed by atoms with E-state index in [9.17, 15) is 0 Å². The second kappa shape index (κ2) is 6.35. The van der Waals surface area contributed by atoms with Gasteiger partial charge in [0, 0.05) is 31.7 Å². The highest BCUT2D eigenvalue weighted by Gasteiger charge is 2.26. The van der Waals surface area contributed by atoms with Crippen molar-refractivity contribution in [1.29, 1.82) is 0 Å². The molecule has 1 saturated heterocycles. The van der Waals surface area contributed by atoms with Gasteiger partial charge in [0.25, 0.3) is 0 Å². The molecule has 18 heavy (non-hydrogen) atoms. The fourth-order valence-corrected chi connectivity index (χ4v) is 2.82. The summed E-state index contributed by atoms with van der Waals surface area (Å²) in [5, 5.41) is 3.61. The molecule has 1 aliphatic rings. The van der Waals surface area contributed by atoms with Crippen molar-refractivity contribution in [3.63, 3.8) is 0 Å². The van der Waals surface area contributed by atoms with E-state index in [4.69, 9.17) is 0 Å². The quantitative estimate of drug-likeness (QED) is 0.879. The van der Waals surface area contributed by atoms with Crippen LogP contribution in [0.2, 0.25) is 0 Å². The molecule has 1 aromatic rings. The third-order valence-electron chi connectivity index (χ3n) is 3.70. The van der Waals surface area contributed by atoms with Gasteiger partial charge in [-0.15, -0.1) is 0 Å². The lowest BCUT2D eigenvalue weighted by atomic mass is 9.98. The third-order valence-corrected chi connectivity index (χ3v) is 3.70. The van der Waals surface area contributed by atoms with Gasteiger partial charge in [-0.1, -0.05) is 44.2 Å². The highest BCUT2D eigenvalue weighted by molar-refractivity contribution is 5.14. The van der Waals surface area contributed by atoms with Crippen molar-refractivity contribution < 1.29 is 0 Å². The zero-order valence-electron chi connectivity index (χ0n) is 11.9. The summed E-state index contributed by atoms with van der Waals surface area (Å²) in [6.07, 6.45) is 1.28. The van der Waals surface area contributed by atoms with Crippen molar-refractivity contribution in [1.82, 2.24) is 10.2 Å². The number of piperazine rings is 1. The maximum absolute atomic E-state index is 3.61. The molecule has 1 aromatic carbocycles. The molecule has 0 bridgehead atoms. The van der Waals surface area contributed by atoms with Crippen molar-refractivity contribution in [2.45, 2.75) is 45.8 Å². The molecule has 0 spiro atoms. The van der Waals surface area contributed by atoms with E-state index in [1.807, 2.05) is 0 Å². The van der Waals surface area contributed by atoms with Gasteiger partial charge < -0.3 is 5.32 Å². The van der Waals surface area contributed by atoms with Crippen LogP contribution < -0.4 is 5.32 Å². The second-order valence-corrected chi connectivity index (χ2v) is 6.01. The Kier molecular flexibility index (Phi) is 4.79. The van der Waals surface area contributed by atoms with Crippen molar-refractivity contribution in [2.75, 3.05) is 13.1 Å². The molecule has 0 radical (unpaired) electrons. The van der Waals surface area contributed by atoms with Gasteiger partial charge in [0.1, 0.15) is 0 Å². The number of nitrogens with one attached hydrogen (secondary N) is 1. The van der Waals surface area contributed by atoms with Crippen LogP contribution in [-0.2, 0) is 6.54 Å². The van der Waals surface area contributed by atoms with E-state index in [-0.39, 0.29) is 0 Å². The molecular formula is C16H26N2. The van der Waals surface area contributed by atoms with E-state index < -0.39 is 0 Å². The molecule has 1 aliphatic heterocycles. The summed E-state index contributed by atoms with van der Waals surface area (Å²) in [4.78, 5) is 2.65. The summed E-state index contributed by atoms with van der Waals surface area (Å²) in [5.74, 6) is 0.767. The Balaban J connectivity index is 2.01. The first-order valence-electron chi connectivity index (χ1n) is 7.16. The molecule has 0 amide bonds. The topological polar surface area (TPSA) is 15.3 Å². The normalized spacial score (nSPS) is 25.6. The zero-order chi connectivity index (χ0) is 13.0. The lowest BCUT2D eigenvalue weighted by Crippen LogP contribution is -2.55. The van der Waals surface area contributed by atoms with Crippen LogP contribution in [0, 0.1) is 5.92 Å². The summed E-state index contributed by atoms with van der Waals surface area (Å²) >= 11 is 0. The first-order valence-corrected chi connectivity index (χ1v) is 7.16. The Morgan fingerprint density at radius 2 is 2.00 bits per heavy atom. The first-order chi connectivity index (χ1) is 8.65. The van der Waals surface area contributed by atoms with Gasteiger partial charge in [-0.25, -0.2) is 0 Å². The second-order valence-electron chi connectivity index (χ2n) is 6.01. The molecule has 2 rings (SSSR count). The minimum atomic E-state index is 0.608. The predicted molar refractivity (Wildman–Crippen MR) is 77.6 cm³/mol. The molecular weight excluding hydrogens is 220 g/mol. The van der Waals surface area contributed by atoms with E-state index in [0.717, 1.165) is 25.6 Å². The van der Waals surface area contributed by atoms with Gasteiger partial charge in [-0.05, 0) is 24.8 Å². The summed E-state index contributed by atoms with van der Waals surface area (Å²) in [6, 6.07) is 12.1. The Bertz CT molecular complexity index is 347. The van der Waals surface area contributed by atoms with Crippen molar-refractivity contribution in [3.05, 3.63) is 35.9 Å². The average molecular weight is 246 g/mol. The molecule has 0 saturated carbocycles. The van der Waals surface area contributed by atoms with Crippen molar-refractivity contribution >= 4 is 0 Å². The van der Waals surface area contributed by atoms with E-state index in [0.29, 0.717) is 12.1 Å². The van der Waals surface area contributed by atoms with E-state index >= 15 is 0 Å². The summed E-state index contributed by atoms with van der Waals surface area (Å²) in [7, 11) is 0. The van der Waals surface area contributed by atoms with Gasteiger partial charge in [0.15, 0.2) is 0 Å². The van der Waals surface area contributed by atoms with Crippen LogP contribution in [-0.4, -0.2) is 30.1 Å². The van der Waals surface area contributed by atoms with Crippen LogP contribution in [0.15, 0.2) is 30.3 Å². The first kappa shape index (κ1) is 13.6. The smallest absolute Gasteiger partial charge is 0.0237 e. The van der Waals surface area contributed by atoms with Crippen LogP contribution in [0.3, 0.4) is 0 Å². The van der Waals surface area contributed by atoms with Crippen LogP contribution >= 0.6 is 0 Å². The lowest BCUT2D eigenvalue weighted by molar-refractivity contribution is 0.111. The Hall–Kier alpha value is -0.860. The number of nitrogens with zero attached hydrogens (tertiary/aromatic N) is 1. The molecule has 1 N–H and O–H groups in total. The summed E-state index contributed by atoms with van der Waals surface area (Å²) in [5.41, 5.74) is 1.43. The van der Waals surface area contributed by atoms with Gasteiger partial charge in [0.05, 0.1) is 0 Å². The van der Waals surface area contributed by atoms with Gasteiger partial charge >= 0.3 is 0 Å². The van der Waals surface area contributed by atoms with Crippen LogP contribution in [0.25, 0.3) is 0 Å². The number of rotatable bonds is 4. The fourth-order valence-electron chi connectivity index (χ4n) is 2.82. The molecule has 2 heteroatoms. The maximum Gasteiger partial charge on any atom is 0.0237 e. The highest BCUT2D eigenvalue weighted by atomic mass is 15.2. The molecule has 1 heterocycles. The number of hydrogen-bond acceptors (Lipinski definition) is 2. The Morgan fingerprint density at radius 1 is 1.28 bits per heavy atom. The standard InChI is InChI=1S/C16H26N2/c1-13(2)9-16-10-17-14(3)11-18(16)12-15-7-5-4-6-8-15/h4-8,13-14,16-17H,9-12H2,1-3H3. The van der Waals surface area contributed by atoms with E-state index in [1.54, 1.807) is 0 Å². The molecule has 2 nitrogen and oxygen atoms in total. The van der Waals surface area contributed by atoms with Crippen molar-refractivity contribution in [3.8, 4) is 0 Å². The van der Waals surface area contributed by atoms with E-state index in [2.05, 4.69) is 61.3 Å². The summed E-state index contributed by atoms with van der Waals surface area (Å²) < 4.78 is 0. The number of hydrogen-bond donors (Lipinski definition) is 1. The monoisotopic (exact) mass is 246 g/mol. The zero-order valence-corrected chi connectivity index (χ0v) is 11.9. The van der Waals surface area contributed by atoms with Crippen molar-refractivity contribution in [2.24, 2.45) is 5.92 Å². The molecule has 0 aliphatic carbocycles. The lowest BCUT2D eigenvalue weighted by Gasteiger charge is -2.40. The highest BCUT2D eigenvalue weighted by Crippen LogP contribution is 2.18. The largest absolute Gasteiger partial charge is 0.311 e. The van der Waals surface area contributed by atoms with Gasteiger partial charge in [0.2, 0.25) is 0 Å². The average Bonchev–Trinajstić information content (AvgIpc) is 2.33. The van der Waals surface area contributed by atoms with Crippen LogP contribution in [0.4, 0.5) is 0 Å². The molecule has 0 aromatic heterocycles. The molecule has 2 unspecified atom stereocenters. The molecule has 1 fully saturated rings. The SMILES string of the molecule is CC(C)CC1CNC(C)CN1Cc1ccccc1. The van der Waals surface area contributed by atoms with Gasteiger partial charge in [-0.3, -0.25) is 4.90 Å². The van der Waals surface area contributed by atoms with Crippen LogP contribution in [0.5, 0.6) is 0 Å². The Labute approximate surface area is 111 Å². The molecule has 100 valence electrons. The predicted octanol–water partition coefficient (Wildman–Crippen LogP) is 2.90.